The molecular weight excluding hydrogens is 483 g/mol. The van der Waals surface area contributed by atoms with E-state index in [0.29, 0.717) is 0 Å². The fourth-order valence-electron chi connectivity index (χ4n) is 3.32. The molecule has 0 heterocycles. The molecule has 12 heteroatoms. The lowest BCUT2D eigenvalue weighted by Gasteiger charge is -2.28. The number of aliphatic carboxylic acids is 1. The number of hydrogen-bond acceptors (Lipinski definition) is 7. The third-order valence-corrected chi connectivity index (χ3v) is 5.53. The summed E-state index contributed by atoms with van der Waals surface area (Å²) in [5.74, 6) is -6.04. The van der Waals surface area contributed by atoms with Crippen LogP contribution in [0.1, 0.15) is 61.3 Å². The summed E-state index contributed by atoms with van der Waals surface area (Å²) < 4.78 is 39.5. The second-order valence-corrected chi connectivity index (χ2v) is 9.10. The Labute approximate surface area is 207 Å². The fraction of sp³-hybridized carbons (Fsp3) is 0.542. The van der Waals surface area contributed by atoms with Crippen molar-refractivity contribution in [3.8, 4) is 0 Å². The maximum absolute atomic E-state index is 13.2. The molecule has 0 fully saturated rings. The molecule has 2 unspecified atom stereocenters. The lowest BCUT2D eigenvalue weighted by molar-refractivity contribution is -0.174. The smallest absolute Gasteiger partial charge is 0.451 e. The molecule has 5 N–H and O–H groups in total. The highest BCUT2D eigenvalue weighted by Gasteiger charge is 2.45. The minimum absolute atomic E-state index is 0.0184. The van der Waals surface area contributed by atoms with E-state index in [1.807, 2.05) is 0 Å². The normalized spacial score (nSPS) is 14.3. The van der Waals surface area contributed by atoms with Gasteiger partial charge < -0.3 is 16.2 Å². The van der Waals surface area contributed by atoms with Crippen LogP contribution in [0.5, 0.6) is 0 Å². The Morgan fingerprint density at radius 1 is 0.944 bits per heavy atom. The number of rotatable bonds is 14. The fourth-order valence-corrected chi connectivity index (χ4v) is 3.32. The van der Waals surface area contributed by atoms with Gasteiger partial charge in [0.25, 0.3) is 11.7 Å². The van der Waals surface area contributed by atoms with Crippen LogP contribution in [0.3, 0.4) is 0 Å². The Morgan fingerprint density at radius 3 is 1.92 bits per heavy atom. The highest BCUT2D eigenvalue weighted by Crippen LogP contribution is 2.23. The van der Waals surface area contributed by atoms with Crippen LogP contribution in [0.2, 0.25) is 0 Å². The van der Waals surface area contributed by atoms with E-state index in [1.165, 1.54) is 38.1 Å². The van der Waals surface area contributed by atoms with Gasteiger partial charge in [0.1, 0.15) is 12.3 Å². The average molecular weight is 516 g/mol. The van der Waals surface area contributed by atoms with Crippen LogP contribution >= 0.6 is 0 Å². The summed E-state index contributed by atoms with van der Waals surface area (Å²) >= 11 is 0. The summed E-state index contributed by atoms with van der Waals surface area (Å²) in [5.41, 5.74) is 5.92. The van der Waals surface area contributed by atoms with E-state index in [0.717, 1.165) is 0 Å². The van der Waals surface area contributed by atoms with E-state index in [-0.39, 0.29) is 35.7 Å². The molecule has 0 aliphatic rings. The SMILES string of the molecule is CC(C)C(NC(CCC(=O)[C@@H](N)C(C)C)C(=O)c1ccc(C(=O)NCC(=O)O)cc1)C(=O)C(F)(F)F. The van der Waals surface area contributed by atoms with Crippen molar-refractivity contribution in [1.29, 1.82) is 0 Å². The number of carboxylic acids is 1. The molecule has 0 aliphatic heterocycles. The molecule has 0 radical (unpaired) electrons. The van der Waals surface area contributed by atoms with Crippen molar-refractivity contribution in [2.75, 3.05) is 6.54 Å². The van der Waals surface area contributed by atoms with Gasteiger partial charge in [0.05, 0.1) is 18.1 Å². The van der Waals surface area contributed by atoms with E-state index < -0.39 is 60.2 Å². The first-order chi connectivity index (χ1) is 16.6. The zero-order chi connectivity index (χ0) is 27.8. The summed E-state index contributed by atoms with van der Waals surface area (Å²) in [6.07, 6.45) is -5.53. The van der Waals surface area contributed by atoms with E-state index in [4.69, 9.17) is 10.8 Å². The van der Waals surface area contributed by atoms with Crippen LogP contribution in [0.25, 0.3) is 0 Å². The molecule has 9 nitrogen and oxygen atoms in total. The van der Waals surface area contributed by atoms with Gasteiger partial charge >= 0.3 is 12.1 Å². The third-order valence-electron chi connectivity index (χ3n) is 5.53. The minimum Gasteiger partial charge on any atom is -0.480 e. The van der Waals surface area contributed by atoms with Crippen LogP contribution in [-0.4, -0.2) is 65.2 Å². The molecular formula is C24H32F3N3O6. The first-order valence-electron chi connectivity index (χ1n) is 11.4. The number of ketones is 3. The van der Waals surface area contributed by atoms with Gasteiger partial charge in [-0.15, -0.1) is 0 Å². The van der Waals surface area contributed by atoms with Crippen LogP contribution in [0.4, 0.5) is 13.2 Å². The third kappa shape index (κ3) is 9.15. The molecule has 1 aromatic rings. The number of carbonyl (C=O) groups excluding carboxylic acids is 4. The van der Waals surface area contributed by atoms with E-state index >= 15 is 0 Å². The molecule has 1 aromatic carbocycles. The molecule has 0 saturated heterocycles. The Balaban J connectivity index is 3.20. The number of carboxylic acid groups (broad SMARTS) is 1. The average Bonchev–Trinajstić information content (AvgIpc) is 2.80. The van der Waals surface area contributed by atoms with Crippen molar-refractivity contribution in [3.63, 3.8) is 0 Å². The van der Waals surface area contributed by atoms with Crippen LogP contribution in [0, 0.1) is 11.8 Å². The van der Waals surface area contributed by atoms with Crippen LogP contribution in [-0.2, 0) is 14.4 Å². The summed E-state index contributed by atoms with van der Waals surface area (Å²) in [4.78, 5) is 60.2. The number of carbonyl (C=O) groups is 5. The molecule has 0 aliphatic carbocycles. The van der Waals surface area contributed by atoms with Gasteiger partial charge in [-0.25, -0.2) is 0 Å². The van der Waals surface area contributed by atoms with Crippen molar-refractivity contribution in [1.82, 2.24) is 10.6 Å². The first kappa shape index (κ1) is 30.9. The highest BCUT2D eigenvalue weighted by atomic mass is 19.4. The summed E-state index contributed by atoms with van der Waals surface area (Å²) in [6.45, 7) is 5.64. The predicted octanol–water partition coefficient (Wildman–Crippen LogP) is 2.13. The standard InChI is InChI=1S/C24H32F3N3O6/c1-12(2)19(28)17(31)10-9-16(30-20(13(3)4)22(35)24(25,26)27)21(34)14-5-7-15(8-6-14)23(36)29-11-18(32)33/h5-8,12-13,16,19-20,30H,9-11,28H2,1-4H3,(H,29,36)(H,32,33)/t16?,19-,20?/m0/s1. The van der Waals surface area contributed by atoms with Crippen LogP contribution < -0.4 is 16.4 Å². The summed E-state index contributed by atoms with van der Waals surface area (Å²) in [6, 6.07) is 1.15. The van der Waals surface area contributed by atoms with Gasteiger partial charge in [0, 0.05) is 17.5 Å². The molecule has 1 rings (SSSR count). The lowest BCUT2D eigenvalue weighted by Crippen LogP contribution is -2.53. The predicted molar refractivity (Wildman–Crippen MR) is 124 cm³/mol. The van der Waals surface area contributed by atoms with E-state index in [2.05, 4.69) is 10.6 Å². The monoisotopic (exact) mass is 515 g/mol. The number of nitrogens with two attached hydrogens (primary N) is 1. The van der Waals surface area contributed by atoms with Crippen molar-refractivity contribution in [3.05, 3.63) is 35.4 Å². The quantitative estimate of drug-likeness (QED) is 0.275. The van der Waals surface area contributed by atoms with E-state index in [9.17, 15) is 37.1 Å². The maximum atomic E-state index is 13.2. The molecule has 36 heavy (non-hydrogen) atoms. The minimum atomic E-state index is -5.13. The Hall–Kier alpha value is -3.12. The van der Waals surface area contributed by atoms with Crippen molar-refractivity contribution in [2.24, 2.45) is 17.6 Å². The summed E-state index contributed by atoms with van der Waals surface area (Å²) in [5, 5.41) is 13.3. The molecule has 3 atom stereocenters. The Bertz CT molecular complexity index is 961. The van der Waals surface area contributed by atoms with Crippen molar-refractivity contribution < 1.29 is 42.3 Å². The topological polar surface area (TPSA) is 156 Å². The number of nitrogens with one attached hydrogen (secondary N) is 2. The number of amides is 1. The summed E-state index contributed by atoms with van der Waals surface area (Å²) in [7, 11) is 0. The second-order valence-electron chi connectivity index (χ2n) is 9.10. The van der Waals surface area contributed by atoms with Crippen LogP contribution in [0.15, 0.2) is 24.3 Å². The van der Waals surface area contributed by atoms with Gasteiger partial charge in [-0.2, -0.15) is 13.2 Å². The first-order valence-corrected chi connectivity index (χ1v) is 11.4. The molecule has 0 saturated carbocycles. The van der Waals surface area contributed by atoms with Crippen molar-refractivity contribution in [2.45, 2.75) is 64.8 Å². The molecule has 200 valence electrons. The van der Waals surface area contributed by atoms with Gasteiger partial charge in [0.2, 0.25) is 0 Å². The molecule has 0 spiro atoms. The highest BCUT2D eigenvalue weighted by molar-refractivity contribution is 6.02. The Kier molecular flexibility index (Phi) is 11.4. The molecule has 1 amide bonds. The number of alkyl halides is 3. The lowest BCUT2D eigenvalue weighted by atomic mass is 9.91. The van der Waals surface area contributed by atoms with Crippen molar-refractivity contribution >= 4 is 29.2 Å². The zero-order valence-corrected chi connectivity index (χ0v) is 20.5. The van der Waals surface area contributed by atoms with Gasteiger partial charge in [-0.1, -0.05) is 39.8 Å². The molecule has 0 aromatic heterocycles. The van der Waals surface area contributed by atoms with Gasteiger partial charge in [-0.05, 0) is 30.4 Å². The number of Topliss-reactive ketones (excluding diaryl/α,β-unsaturated/α-hetero) is 3. The van der Waals surface area contributed by atoms with E-state index in [1.54, 1.807) is 13.8 Å². The number of halogens is 3. The van der Waals surface area contributed by atoms with Gasteiger partial charge in [-0.3, -0.25) is 29.3 Å². The second kappa shape index (κ2) is 13.3. The Morgan fingerprint density at radius 2 is 1.47 bits per heavy atom. The number of benzene rings is 1. The number of hydrogen-bond donors (Lipinski definition) is 4. The largest absolute Gasteiger partial charge is 0.480 e. The molecule has 0 bridgehead atoms. The zero-order valence-electron chi connectivity index (χ0n) is 20.5. The maximum Gasteiger partial charge on any atom is 0.451 e. The van der Waals surface area contributed by atoms with Gasteiger partial charge in [0.15, 0.2) is 5.78 Å².